The number of aliphatic carboxylic acids is 1. The van der Waals surface area contributed by atoms with Gasteiger partial charge in [-0.05, 0) is 12.8 Å². The Kier molecular flexibility index (Phi) is 30.6. The molecule has 154 valence electrons. The Hall–Kier alpha value is -0.280. The van der Waals surface area contributed by atoms with Crippen LogP contribution < -0.4 is 22.4 Å². The third-order valence-electron chi connectivity index (χ3n) is 3.98. The molecule has 4 heteroatoms. The molecule has 0 aliphatic rings. The molecule has 0 bridgehead atoms. The number of quaternary nitrogens is 1. The highest BCUT2D eigenvalue weighted by atomic mass is 35.5. The lowest BCUT2D eigenvalue weighted by molar-refractivity contribution is -0.836. The molecule has 0 unspecified atom stereocenters. The number of unbranched alkanes of at least 4 members (excludes halogenated alkanes) is 14. The van der Waals surface area contributed by atoms with Gasteiger partial charge in [-0.25, -0.2) is 0 Å². The van der Waals surface area contributed by atoms with Gasteiger partial charge in [0, 0.05) is 5.97 Å². The Labute approximate surface area is 164 Å². The third kappa shape index (κ3) is 40.0. The number of hydrogen-bond donors (Lipinski definition) is 1. The maximum Gasteiger partial charge on any atom is 0.0661 e. The van der Waals surface area contributed by atoms with Gasteiger partial charge in [0.05, 0.1) is 21.1 Å². The summed E-state index contributed by atoms with van der Waals surface area (Å²) in [5.41, 5.74) is 0. The van der Waals surface area contributed by atoms with Gasteiger partial charge in [0.25, 0.3) is 0 Å². The van der Waals surface area contributed by atoms with Crippen molar-refractivity contribution in [3.8, 4) is 0 Å². The van der Waals surface area contributed by atoms with Crippen LogP contribution in [0.15, 0.2) is 0 Å². The summed E-state index contributed by atoms with van der Waals surface area (Å²) < 4.78 is 0. The normalized spacial score (nSPS) is 10.1. The summed E-state index contributed by atoms with van der Waals surface area (Å²) in [4.78, 5) is 11.6. The molecule has 0 radical (unpaired) electrons. The second-order valence-corrected chi connectivity index (χ2v) is 7.57. The Bertz CT molecular complexity index is 245. The number of rotatable bonds is 16. The average molecular weight is 379 g/mol. The molecule has 0 heterocycles. The average Bonchev–Trinajstić information content (AvgIpc) is 2.50. The van der Waals surface area contributed by atoms with E-state index in [1.807, 2.05) is 0 Å². The molecule has 0 atom stereocenters. The van der Waals surface area contributed by atoms with Crippen molar-refractivity contribution >= 4 is 5.97 Å². The molecule has 1 N–H and O–H groups in total. The van der Waals surface area contributed by atoms with Crippen LogP contribution in [0.2, 0.25) is 0 Å². The van der Waals surface area contributed by atoms with Gasteiger partial charge >= 0.3 is 0 Å². The molecule has 0 aromatic carbocycles. The standard InChI is InChI=1S/C18H36O2.C3H9N.ClH/c1-2-3-4-5-6-7-8-9-10-11-12-13-14-15-16-17-18(19)20;1-4(2)3;/h2-17H2,1H3,(H,19,20);1-3H3;1H/p-1. The van der Waals surface area contributed by atoms with Gasteiger partial charge < -0.3 is 27.2 Å². The zero-order valence-corrected chi connectivity index (χ0v) is 18.3. The van der Waals surface area contributed by atoms with E-state index in [2.05, 4.69) is 28.1 Å². The summed E-state index contributed by atoms with van der Waals surface area (Å²) in [5.74, 6) is -0.903. The Morgan fingerprint density at radius 3 is 1.12 bits per heavy atom. The quantitative estimate of drug-likeness (QED) is 0.403. The SMILES string of the molecule is CCCCCCCCCCCCCCCCCC(=O)[O-].C[NH+](C)C.[Cl-]. The first-order valence-corrected chi connectivity index (χ1v) is 10.5. The Balaban J connectivity index is -0.000000867. The van der Waals surface area contributed by atoms with Gasteiger partial charge in [-0.2, -0.15) is 0 Å². The van der Waals surface area contributed by atoms with Crippen molar-refractivity contribution in [3.63, 3.8) is 0 Å². The molecule has 0 aliphatic carbocycles. The number of carboxylic acids is 1. The van der Waals surface area contributed by atoms with Crippen molar-refractivity contribution in [1.29, 1.82) is 0 Å². The first kappa shape index (κ1) is 29.5. The summed E-state index contributed by atoms with van der Waals surface area (Å²) in [6, 6.07) is 0. The molecule has 0 aliphatic heterocycles. The third-order valence-corrected chi connectivity index (χ3v) is 3.98. The van der Waals surface area contributed by atoms with E-state index in [-0.39, 0.29) is 18.8 Å². The molecule has 0 saturated heterocycles. The monoisotopic (exact) mass is 378 g/mol. The van der Waals surface area contributed by atoms with Gasteiger partial charge in [-0.3, -0.25) is 0 Å². The highest BCUT2D eigenvalue weighted by Gasteiger charge is 1.94. The lowest BCUT2D eigenvalue weighted by Gasteiger charge is -2.04. The summed E-state index contributed by atoms with van der Waals surface area (Å²) in [5, 5.41) is 10.2. The molecule has 0 aromatic heterocycles. The van der Waals surface area contributed by atoms with E-state index in [4.69, 9.17) is 0 Å². The second kappa shape index (κ2) is 26.0. The minimum Gasteiger partial charge on any atom is -1.00 e. The van der Waals surface area contributed by atoms with Crippen LogP contribution in [-0.2, 0) is 4.79 Å². The van der Waals surface area contributed by atoms with Crippen LogP contribution in [0.25, 0.3) is 0 Å². The van der Waals surface area contributed by atoms with Crippen LogP contribution in [0.3, 0.4) is 0 Å². The lowest BCUT2D eigenvalue weighted by atomic mass is 10.0. The summed E-state index contributed by atoms with van der Waals surface area (Å²) in [7, 11) is 6.25. The highest BCUT2D eigenvalue weighted by molar-refractivity contribution is 5.63. The summed E-state index contributed by atoms with van der Waals surface area (Å²) in [6.07, 6.45) is 19.9. The van der Waals surface area contributed by atoms with Crippen molar-refractivity contribution in [2.75, 3.05) is 21.1 Å². The lowest BCUT2D eigenvalue weighted by Crippen LogP contribution is -3.02. The Morgan fingerprint density at radius 1 is 0.640 bits per heavy atom. The molecule has 25 heavy (non-hydrogen) atoms. The highest BCUT2D eigenvalue weighted by Crippen LogP contribution is 2.13. The first-order valence-electron chi connectivity index (χ1n) is 10.5. The van der Waals surface area contributed by atoms with Gasteiger partial charge in [0.1, 0.15) is 0 Å². The number of halogens is 1. The maximum absolute atomic E-state index is 10.2. The second-order valence-electron chi connectivity index (χ2n) is 7.57. The van der Waals surface area contributed by atoms with E-state index >= 15 is 0 Å². The van der Waals surface area contributed by atoms with Gasteiger partial charge in [-0.1, -0.05) is 96.8 Å². The summed E-state index contributed by atoms with van der Waals surface area (Å²) in [6.45, 7) is 2.27. The van der Waals surface area contributed by atoms with Crippen LogP contribution in [0.1, 0.15) is 110 Å². The van der Waals surface area contributed by atoms with E-state index in [0.717, 1.165) is 12.8 Å². The number of hydrogen-bond acceptors (Lipinski definition) is 2. The molecule has 0 saturated carbocycles. The van der Waals surface area contributed by atoms with E-state index < -0.39 is 5.97 Å². The number of carbonyl (C=O) groups excluding carboxylic acids is 1. The fourth-order valence-electron chi connectivity index (χ4n) is 2.64. The largest absolute Gasteiger partial charge is 1.00 e. The van der Waals surface area contributed by atoms with Crippen LogP contribution in [0, 0.1) is 0 Å². The summed E-state index contributed by atoms with van der Waals surface area (Å²) >= 11 is 0. The van der Waals surface area contributed by atoms with Crippen LogP contribution in [0.5, 0.6) is 0 Å². The van der Waals surface area contributed by atoms with Crippen molar-refractivity contribution in [2.45, 2.75) is 110 Å². The molecular formula is C21H45ClNO2-. The van der Waals surface area contributed by atoms with Crippen LogP contribution >= 0.6 is 0 Å². The number of nitrogens with one attached hydrogen (secondary N) is 1. The molecule has 3 nitrogen and oxygen atoms in total. The van der Waals surface area contributed by atoms with E-state index in [9.17, 15) is 9.90 Å². The topological polar surface area (TPSA) is 44.6 Å². The predicted molar refractivity (Wildman–Crippen MR) is 103 cm³/mol. The fraction of sp³-hybridized carbons (Fsp3) is 0.952. The zero-order chi connectivity index (χ0) is 18.5. The Morgan fingerprint density at radius 2 is 0.880 bits per heavy atom. The van der Waals surface area contributed by atoms with E-state index in [1.165, 1.54) is 88.4 Å². The smallest absolute Gasteiger partial charge is 0.0661 e. The van der Waals surface area contributed by atoms with Crippen molar-refractivity contribution in [2.24, 2.45) is 0 Å². The first-order chi connectivity index (χ1) is 11.5. The van der Waals surface area contributed by atoms with Crippen LogP contribution in [-0.4, -0.2) is 27.1 Å². The zero-order valence-electron chi connectivity index (χ0n) is 17.5. The van der Waals surface area contributed by atoms with Gasteiger partial charge in [0.2, 0.25) is 0 Å². The van der Waals surface area contributed by atoms with E-state index in [0.29, 0.717) is 0 Å². The van der Waals surface area contributed by atoms with Crippen molar-refractivity contribution in [1.82, 2.24) is 0 Å². The van der Waals surface area contributed by atoms with E-state index in [1.54, 1.807) is 0 Å². The van der Waals surface area contributed by atoms with Gasteiger partial charge in [0.15, 0.2) is 0 Å². The molecular weight excluding hydrogens is 334 g/mol. The molecule has 0 rings (SSSR count). The number of carboxylic acid groups (broad SMARTS) is 1. The fourth-order valence-corrected chi connectivity index (χ4v) is 2.64. The van der Waals surface area contributed by atoms with Crippen molar-refractivity contribution in [3.05, 3.63) is 0 Å². The predicted octanol–water partition coefficient (Wildman–Crippen LogP) is 0.763. The molecule has 0 amide bonds. The molecule has 0 aromatic rings. The maximum atomic E-state index is 10.2. The molecule has 0 fully saturated rings. The van der Waals surface area contributed by atoms with Crippen LogP contribution in [0.4, 0.5) is 0 Å². The van der Waals surface area contributed by atoms with Crippen molar-refractivity contribution < 1.29 is 27.2 Å². The number of carbonyl (C=O) groups is 1. The molecule has 0 spiro atoms. The van der Waals surface area contributed by atoms with Gasteiger partial charge in [-0.15, -0.1) is 0 Å². The minimum atomic E-state index is -0.903. The minimum absolute atomic E-state index is 0.